The van der Waals surface area contributed by atoms with Crippen LogP contribution in [0.25, 0.3) is 0 Å². The minimum absolute atomic E-state index is 0.724. The largest absolute Gasteiger partial charge is 0.493 e. The highest BCUT2D eigenvalue weighted by atomic mass is 79.9. The van der Waals surface area contributed by atoms with Crippen molar-refractivity contribution >= 4 is 33.7 Å². The first-order valence-corrected chi connectivity index (χ1v) is 8.05. The molecule has 4 nitrogen and oxygen atoms in total. The highest BCUT2D eigenvalue weighted by Crippen LogP contribution is 2.17. The molecule has 19 heavy (non-hydrogen) atoms. The number of halogens is 1. The maximum atomic E-state index is 5.65. The molecule has 0 radical (unpaired) electrons. The van der Waals surface area contributed by atoms with Gasteiger partial charge in [-0.1, -0.05) is 22.0 Å². The maximum Gasteiger partial charge on any atom is 0.190 e. The Bertz CT molecular complexity index is 401. The lowest BCUT2D eigenvalue weighted by molar-refractivity contribution is 0.344. The summed E-state index contributed by atoms with van der Waals surface area (Å²) in [5.41, 5.74) is 0. The number of rotatable bonds is 7. The van der Waals surface area contributed by atoms with Gasteiger partial charge in [0.1, 0.15) is 5.75 Å². The van der Waals surface area contributed by atoms with Gasteiger partial charge in [-0.2, -0.15) is 11.8 Å². The molecule has 0 saturated heterocycles. The standard InChI is InChI=1S/C13H20BrN3OS/c1-15-13(16-2)17-6-8-19-9-7-18-12-5-3-4-11(14)10-12/h3-5,10H,6-9H2,1-2H3,(H2,15,16,17). The van der Waals surface area contributed by atoms with Crippen LogP contribution in [0, 0.1) is 0 Å². The van der Waals surface area contributed by atoms with Gasteiger partial charge in [-0.25, -0.2) is 0 Å². The lowest BCUT2D eigenvalue weighted by atomic mass is 10.3. The molecular formula is C13H20BrN3OS. The first-order valence-electron chi connectivity index (χ1n) is 6.10. The van der Waals surface area contributed by atoms with Gasteiger partial charge in [0, 0.05) is 36.6 Å². The normalized spacial score (nSPS) is 11.2. The maximum absolute atomic E-state index is 5.65. The van der Waals surface area contributed by atoms with E-state index in [9.17, 15) is 0 Å². The third-order valence-electron chi connectivity index (χ3n) is 2.29. The second-order valence-corrected chi connectivity index (χ2v) is 5.81. The summed E-state index contributed by atoms with van der Waals surface area (Å²) in [4.78, 5) is 4.04. The zero-order valence-electron chi connectivity index (χ0n) is 11.3. The van der Waals surface area contributed by atoms with Crippen molar-refractivity contribution < 1.29 is 4.74 Å². The van der Waals surface area contributed by atoms with Gasteiger partial charge in [0.25, 0.3) is 0 Å². The first kappa shape index (κ1) is 16.2. The van der Waals surface area contributed by atoms with Crippen molar-refractivity contribution in [1.29, 1.82) is 0 Å². The van der Waals surface area contributed by atoms with Crippen LogP contribution >= 0.6 is 27.7 Å². The average molecular weight is 346 g/mol. The van der Waals surface area contributed by atoms with E-state index in [-0.39, 0.29) is 0 Å². The third kappa shape index (κ3) is 7.32. The zero-order valence-corrected chi connectivity index (χ0v) is 13.7. The van der Waals surface area contributed by atoms with Gasteiger partial charge in [-0.3, -0.25) is 4.99 Å². The fourth-order valence-corrected chi connectivity index (χ4v) is 2.43. The van der Waals surface area contributed by atoms with E-state index in [4.69, 9.17) is 4.74 Å². The fourth-order valence-electron chi connectivity index (χ4n) is 1.40. The molecule has 106 valence electrons. The van der Waals surface area contributed by atoms with Gasteiger partial charge in [0.15, 0.2) is 5.96 Å². The Hall–Kier alpha value is -0.880. The van der Waals surface area contributed by atoms with Crippen LogP contribution in [-0.2, 0) is 0 Å². The van der Waals surface area contributed by atoms with Crippen molar-refractivity contribution in [3.63, 3.8) is 0 Å². The number of benzene rings is 1. The van der Waals surface area contributed by atoms with Crippen molar-refractivity contribution in [2.45, 2.75) is 0 Å². The molecule has 1 aromatic rings. The Morgan fingerprint density at radius 1 is 1.42 bits per heavy atom. The Kier molecular flexibility index (Phi) is 8.49. The molecule has 6 heteroatoms. The van der Waals surface area contributed by atoms with Gasteiger partial charge >= 0.3 is 0 Å². The van der Waals surface area contributed by atoms with Crippen LogP contribution in [0.4, 0.5) is 0 Å². The number of nitrogens with one attached hydrogen (secondary N) is 2. The summed E-state index contributed by atoms with van der Waals surface area (Å²) < 4.78 is 6.69. The van der Waals surface area contributed by atoms with E-state index in [1.807, 2.05) is 43.1 Å². The predicted molar refractivity (Wildman–Crippen MR) is 87.4 cm³/mol. The summed E-state index contributed by atoms with van der Waals surface area (Å²) in [6, 6.07) is 7.90. The Balaban J connectivity index is 2.03. The lowest BCUT2D eigenvalue weighted by Crippen LogP contribution is -2.35. The number of hydrogen-bond acceptors (Lipinski definition) is 3. The number of aliphatic imine (C=N–C) groups is 1. The molecule has 0 heterocycles. The number of thioether (sulfide) groups is 1. The Labute approximate surface area is 127 Å². The van der Waals surface area contributed by atoms with Crippen LogP contribution in [0.15, 0.2) is 33.7 Å². The molecule has 2 N–H and O–H groups in total. The summed E-state index contributed by atoms with van der Waals surface area (Å²) in [6.45, 7) is 1.62. The van der Waals surface area contributed by atoms with Gasteiger partial charge in [-0.05, 0) is 18.2 Å². The zero-order chi connectivity index (χ0) is 13.9. The van der Waals surface area contributed by atoms with Crippen LogP contribution in [0.3, 0.4) is 0 Å². The summed E-state index contributed by atoms with van der Waals surface area (Å²) >= 11 is 5.28. The van der Waals surface area contributed by atoms with Gasteiger partial charge in [0.2, 0.25) is 0 Å². The van der Waals surface area contributed by atoms with Crippen molar-refractivity contribution in [1.82, 2.24) is 10.6 Å². The van der Waals surface area contributed by atoms with E-state index in [0.717, 1.165) is 40.8 Å². The van der Waals surface area contributed by atoms with E-state index in [1.165, 1.54) is 0 Å². The van der Waals surface area contributed by atoms with Gasteiger partial charge < -0.3 is 15.4 Å². The van der Waals surface area contributed by atoms with Crippen LogP contribution in [0.2, 0.25) is 0 Å². The smallest absolute Gasteiger partial charge is 0.190 e. The summed E-state index contributed by atoms with van der Waals surface area (Å²) in [5, 5.41) is 6.19. The van der Waals surface area contributed by atoms with Crippen LogP contribution in [0.5, 0.6) is 5.75 Å². The molecule has 0 unspecified atom stereocenters. The Morgan fingerprint density at radius 3 is 2.95 bits per heavy atom. The summed E-state index contributed by atoms with van der Waals surface area (Å²) in [5.74, 6) is 3.74. The highest BCUT2D eigenvalue weighted by Gasteiger charge is 1.96. The SMILES string of the molecule is CN=C(NC)NCCSCCOc1cccc(Br)c1. The minimum atomic E-state index is 0.724. The second kappa shape index (κ2) is 9.97. The van der Waals surface area contributed by atoms with Crippen molar-refractivity contribution in [3.05, 3.63) is 28.7 Å². The number of guanidine groups is 1. The molecule has 0 atom stereocenters. The van der Waals surface area contributed by atoms with Crippen LogP contribution in [-0.4, -0.2) is 44.7 Å². The average Bonchev–Trinajstić information content (AvgIpc) is 2.42. The van der Waals surface area contributed by atoms with Crippen molar-refractivity contribution in [3.8, 4) is 5.75 Å². The molecule has 0 spiro atoms. The molecule has 0 saturated carbocycles. The van der Waals surface area contributed by atoms with Crippen molar-refractivity contribution in [2.24, 2.45) is 4.99 Å². The molecule has 0 aliphatic heterocycles. The monoisotopic (exact) mass is 345 g/mol. The summed E-state index contributed by atoms with van der Waals surface area (Å²) in [7, 11) is 3.62. The van der Waals surface area contributed by atoms with Crippen LogP contribution in [0.1, 0.15) is 0 Å². The van der Waals surface area contributed by atoms with Gasteiger partial charge in [-0.15, -0.1) is 0 Å². The lowest BCUT2D eigenvalue weighted by Gasteiger charge is -2.08. The first-order chi connectivity index (χ1) is 9.26. The highest BCUT2D eigenvalue weighted by molar-refractivity contribution is 9.10. The summed E-state index contributed by atoms with van der Waals surface area (Å²) in [6.07, 6.45) is 0. The molecule has 1 aromatic carbocycles. The molecule has 0 aromatic heterocycles. The van der Waals surface area contributed by atoms with E-state index < -0.39 is 0 Å². The molecule has 0 amide bonds. The predicted octanol–water partition coefficient (Wildman–Crippen LogP) is 2.36. The fraction of sp³-hybridized carbons (Fsp3) is 0.462. The molecule has 0 bridgehead atoms. The minimum Gasteiger partial charge on any atom is -0.493 e. The number of ether oxygens (including phenoxy) is 1. The number of nitrogens with zero attached hydrogens (tertiary/aromatic N) is 1. The van der Waals surface area contributed by atoms with E-state index in [1.54, 1.807) is 7.05 Å². The van der Waals surface area contributed by atoms with E-state index in [2.05, 4.69) is 31.6 Å². The molecule has 0 aliphatic carbocycles. The van der Waals surface area contributed by atoms with Crippen LogP contribution < -0.4 is 15.4 Å². The van der Waals surface area contributed by atoms with E-state index in [0.29, 0.717) is 0 Å². The quantitative estimate of drug-likeness (QED) is 0.452. The van der Waals surface area contributed by atoms with E-state index >= 15 is 0 Å². The van der Waals surface area contributed by atoms with Crippen molar-refractivity contribution in [2.75, 3.05) is 38.8 Å². The topological polar surface area (TPSA) is 45.7 Å². The third-order valence-corrected chi connectivity index (χ3v) is 3.73. The molecular weight excluding hydrogens is 326 g/mol. The van der Waals surface area contributed by atoms with Gasteiger partial charge in [0.05, 0.1) is 6.61 Å². The molecule has 0 aliphatic rings. The molecule has 1 rings (SSSR count). The second-order valence-electron chi connectivity index (χ2n) is 3.67. The Morgan fingerprint density at radius 2 is 2.26 bits per heavy atom. The number of hydrogen-bond donors (Lipinski definition) is 2. The molecule has 0 fully saturated rings.